The smallest absolute Gasteiger partial charge is 0.264 e. The van der Waals surface area contributed by atoms with Crippen molar-refractivity contribution in [1.82, 2.24) is 13.8 Å². The van der Waals surface area contributed by atoms with Crippen LogP contribution < -0.4 is 5.73 Å². The van der Waals surface area contributed by atoms with Gasteiger partial charge in [0.05, 0.1) is 35.8 Å². The molecule has 1 saturated heterocycles. The second-order valence-corrected chi connectivity index (χ2v) is 11.0. The van der Waals surface area contributed by atoms with E-state index in [-0.39, 0.29) is 34.8 Å². The number of morpholine rings is 1. The van der Waals surface area contributed by atoms with Gasteiger partial charge < -0.3 is 15.0 Å². The van der Waals surface area contributed by atoms with Gasteiger partial charge in [0.1, 0.15) is 0 Å². The zero-order valence-electron chi connectivity index (χ0n) is 20.4. The molecule has 2 aliphatic rings. The summed E-state index contributed by atoms with van der Waals surface area (Å²) in [6.07, 6.45) is 0. The van der Waals surface area contributed by atoms with Crippen LogP contribution in [0.2, 0.25) is 0 Å². The van der Waals surface area contributed by atoms with Gasteiger partial charge in [0.15, 0.2) is 5.78 Å². The molecule has 0 bridgehead atoms. The van der Waals surface area contributed by atoms with Gasteiger partial charge in [-0.25, -0.2) is 8.42 Å². The number of fused-ring (bicyclic) bond motifs is 1. The maximum absolute atomic E-state index is 13.3. The van der Waals surface area contributed by atoms with Crippen molar-refractivity contribution in [2.45, 2.75) is 18.7 Å². The van der Waals surface area contributed by atoms with Crippen LogP contribution in [0.4, 0.5) is 5.69 Å². The Kier molecular flexibility index (Phi) is 6.22. The molecule has 0 aliphatic carbocycles. The summed E-state index contributed by atoms with van der Waals surface area (Å²) in [4.78, 5) is 40.0. The first-order valence-corrected chi connectivity index (χ1v) is 13.2. The predicted octanol–water partition coefficient (Wildman–Crippen LogP) is 2.18. The number of hydrogen-bond acceptors (Lipinski definition) is 7. The monoisotopic (exact) mass is 522 g/mol. The number of hydrogen-bond donors (Lipinski definition) is 1. The number of imide groups is 1. The number of ketones is 1. The van der Waals surface area contributed by atoms with Gasteiger partial charge >= 0.3 is 0 Å². The molecular weight excluding hydrogens is 496 g/mol. The minimum atomic E-state index is -3.70. The third kappa shape index (κ3) is 4.14. The van der Waals surface area contributed by atoms with Crippen molar-refractivity contribution < 1.29 is 27.5 Å². The van der Waals surface area contributed by atoms with E-state index in [1.165, 1.54) is 16.4 Å². The number of aromatic nitrogens is 1. The van der Waals surface area contributed by atoms with E-state index in [0.29, 0.717) is 35.9 Å². The molecule has 0 unspecified atom stereocenters. The summed E-state index contributed by atoms with van der Waals surface area (Å²) in [5.41, 5.74) is 8.57. The first kappa shape index (κ1) is 24.9. The first-order chi connectivity index (χ1) is 17.6. The minimum absolute atomic E-state index is 0.115. The highest BCUT2D eigenvalue weighted by Crippen LogP contribution is 2.29. The summed E-state index contributed by atoms with van der Waals surface area (Å²) in [5, 5.41) is 0. The number of aryl methyl sites for hydroxylation is 1. The summed E-state index contributed by atoms with van der Waals surface area (Å²) < 4.78 is 34.8. The highest BCUT2D eigenvalue weighted by atomic mass is 32.2. The standard InChI is InChI=1S/C26H26N4O6S/c1-16-13-21(23(31)15-29-25(32)20-7-4-8-22(27)24(20)26(29)33)17(2)30(16)18-5-3-6-19(14-18)37(34,35)28-9-11-36-12-10-28/h3-8,13-14H,9-12,15,27H2,1-2H3. The zero-order chi connectivity index (χ0) is 26.5. The number of amides is 2. The lowest BCUT2D eigenvalue weighted by Crippen LogP contribution is -2.40. The van der Waals surface area contributed by atoms with Gasteiger partial charge in [0.2, 0.25) is 10.0 Å². The quantitative estimate of drug-likeness (QED) is 0.298. The van der Waals surface area contributed by atoms with Crippen LogP contribution >= 0.6 is 0 Å². The van der Waals surface area contributed by atoms with E-state index < -0.39 is 34.2 Å². The number of rotatable bonds is 6. The molecule has 10 nitrogen and oxygen atoms in total. The van der Waals surface area contributed by atoms with Gasteiger partial charge in [-0.05, 0) is 50.2 Å². The molecule has 2 aromatic carbocycles. The Morgan fingerprint density at radius 1 is 1.00 bits per heavy atom. The van der Waals surface area contributed by atoms with Gasteiger partial charge in [-0.2, -0.15) is 4.31 Å². The Morgan fingerprint density at radius 2 is 1.70 bits per heavy atom. The molecule has 3 aromatic rings. The molecule has 37 heavy (non-hydrogen) atoms. The molecule has 0 atom stereocenters. The molecular formula is C26H26N4O6S. The van der Waals surface area contributed by atoms with Crippen molar-refractivity contribution >= 4 is 33.3 Å². The van der Waals surface area contributed by atoms with Crippen LogP contribution in [0.3, 0.4) is 0 Å². The number of nitrogens with two attached hydrogens (primary N) is 1. The summed E-state index contributed by atoms with van der Waals surface area (Å²) in [7, 11) is -3.70. The lowest BCUT2D eigenvalue weighted by atomic mass is 10.1. The summed E-state index contributed by atoms with van der Waals surface area (Å²) >= 11 is 0. The van der Waals surface area contributed by atoms with Crippen molar-refractivity contribution in [2.24, 2.45) is 0 Å². The Bertz CT molecular complexity index is 1550. The van der Waals surface area contributed by atoms with Crippen molar-refractivity contribution in [1.29, 1.82) is 0 Å². The van der Waals surface area contributed by atoms with E-state index in [1.54, 1.807) is 54.8 Å². The Labute approximate surface area is 214 Å². The molecule has 3 heterocycles. The molecule has 1 aromatic heterocycles. The van der Waals surface area contributed by atoms with Gasteiger partial charge in [0.25, 0.3) is 11.8 Å². The van der Waals surface area contributed by atoms with E-state index in [0.717, 1.165) is 4.90 Å². The number of carbonyl (C=O) groups is 3. The fraction of sp³-hybridized carbons (Fsp3) is 0.269. The van der Waals surface area contributed by atoms with Crippen LogP contribution in [0.25, 0.3) is 5.69 Å². The van der Waals surface area contributed by atoms with E-state index in [1.807, 2.05) is 0 Å². The Hall–Kier alpha value is -3.80. The number of benzene rings is 2. The van der Waals surface area contributed by atoms with Crippen molar-refractivity contribution in [3.63, 3.8) is 0 Å². The molecule has 11 heteroatoms. The fourth-order valence-electron chi connectivity index (χ4n) is 4.89. The highest BCUT2D eigenvalue weighted by molar-refractivity contribution is 7.89. The average molecular weight is 523 g/mol. The number of nitrogens with zero attached hydrogens (tertiary/aromatic N) is 3. The molecule has 2 N–H and O–H groups in total. The van der Waals surface area contributed by atoms with Crippen molar-refractivity contribution in [3.05, 3.63) is 76.6 Å². The number of Topliss-reactive ketones (excluding diaryl/α,β-unsaturated/α-hetero) is 1. The van der Waals surface area contributed by atoms with Crippen LogP contribution in [-0.4, -0.2) is 72.6 Å². The summed E-state index contributed by atoms with van der Waals surface area (Å²) in [6.45, 7) is 4.38. The molecule has 2 amide bonds. The largest absolute Gasteiger partial charge is 0.398 e. The van der Waals surface area contributed by atoms with Gasteiger partial charge in [-0.3, -0.25) is 19.3 Å². The van der Waals surface area contributed by atoms with E-state index in [4.69, 9.17) is 10.5 Å². The molecule has 2 aliphatic heterocycles. The fourth-order valence-corrected chi connectivity index (χ4v) is 6.34. The third-order valence-electron chi connectivity index (χ3n) is 6.75. The second kappa shape index (κ2) is 9.25. The number of nitrogen functional groups attached to an aromatic ring is 1. The minimum Gasteiger partial charge on any atom is -0.398 e. The maximum Gasteiger partial charge on any atom is 0.264 e. The summed E-state index contributed by atoms with van der Waals surface area (Å²) in [5.74, 6) is -1.57. The normalized spacial score (nSPS) is 16.3. The zero-order valence-corrected chi connectivity index (χ0v) is 21.2. The second-order valence-electron chi connectivity index (χ2n) is 9.02. The van der Waals surface area contributed by atoms with Gasteiger partial charge in [-0.1, -0.05) is 12.1 Å². The lowest BCUT2D eigenvalue weighted by Gasteiger charge is -2.26. The number of anilines is 1. The molecule has 192 valence electrons. The first-order valence-electron chi connectivity index (χ1n) is 11.8. The predicted molar refractivity (Wildman–Crippen MR) is 135 cm³/mol. The van der Waals surface area contributed by atoms with E-state index in [2.05, 4.69) is 0 Å². The lowest BCUT2D eigenvalue weighted by molar-refractivity contribution is 0.0624. The highest BCUT2D eigenvalue weighted by Gasteiger charge is 2.38. The van der Waals surface area contributed by atoms with E-state index in [9.17, 15) is 22.8 Å². The molecule has 1 fully saturated rings. The van der Waals surface area contributed by atoms with Gasteiger partial charge in [-0.15, -0.1) is 0 Å². The SMILES string of the molecule is Cc1cc(C(=O)CN2C(=O)c3cccc(N)c3C2=O)c(C)n1-c1cccc(S(=O)(=O)N2CCOCC2)c1. The van der Waals surface area contributed by atoms with Crippen LogP contribution in [0, 0.1) is 13.8 Å². The Morgan fingerprint density at radius 3 is 2.41 bits per heavy atom. The Balaban J connectivity index is 1.43. The number of ether oxygens (including phenoxy) is 1. The number of carbonyl (C=O) groups excluding carboxylic acids is 3. The van der Waals surface area contributed by atoms with Crippen molar-refractivity contribution in [3.8, 4) is 5.69 Å². The number of sulfonamides is 1. The van der Waals surface area contributed by atoms with Crippen LogP contribution in [0.15, 0.2) is 53.4 Å². The van der Waals surface area contributed by atoms with Crippen LogP contribution in [-0.2, 0) is 14.8 Å². The van der Waals surface area contributed by atoms with Crippen LogP contribution in [0.5, 0.6) is 0 Å². The average Bonchev–Trinajstić information content (AvgIpc) is 3.32. The topological polar surface area (TPSA) is 132 Å². The maximum atomic E-state index is 13.3. The van der Waals surface area contributed by atoms with Gasteiger partial charge in [0, 0.05) is 41.4 Å². The molecule has 0 radical (unpaired) electrons. The van der Waals surface area contributed by atoms with Crippen molar-refractivity contribution in [2.75, 3.05) is 38.6 Å². The molecule has 0 spiro atoms. The van der Waals surface area contributed by atoms with Crippen LogP contribution in [0.1, 0.15) is 42.5 Å². The summed E-state index contributed by atoms with van der Waals surface area (Å²) in [6, 6.07) is 12.9. The van der Waals surface area contributed by atoms with E-state index >= 15 is 0 Å². The molecule has 5 rings (SSSR count). The molecule has 0 saturated carbocycles. The third-order valence-corrected chi connectivity index (χ3v) is 8.64.